The van der Waals surface area contributed by atoms with Crippen LogP contribution in [0.3, 0.4) is 0 Å². The van der Waals surface area contributed by atoms with Gasteiger partial charge in [-0.2, -0.15) is 0 Å². The van der Waals surface area contributed by atoms with Gasteiger partial charge in [-0.1, -0.05) is 37.6 Å². The first kappa shape index (κ1) is 15.7. The zero-order valence-electron chi connectivity index (χ0n) is 12.7. The summed E-state index contributed by atoms with van der Waals surface area (Å²) in [7, 11) is 0. The van der Waals surface area contributed by atoms with Crippen molar-refractivity contribution >= 4 is 5.91 Å². The summed E-state index contributed by atoms with van der Waals surface area (Å²) in [6.45, 7) is 10.2. The van der Waals surface area contributed by atoms with Crippen molar-refractivity contribution in [2.75, 3.05) is 0 Å². The second kappa shape index (κ2) is 6.71. The van der Waals surface area contributed by atoms with Gasteiger partial charge in [0.2, 0.25) is 5.91 Å². The molecule has 0 saturated heterocycles. The molecule has 0 aliphatic heterocycles. The molecular formula is C16H26N2O. The van der Waals surface area contributed by atoms with Gasteiger partial charge in [0.15, 0.2) is 0 Å². The van der Waals surface area contributed by atoms with Crippen LogP contribution in [0.25, 0.3) is 0 Å². The van der Waals surface area contributed by atoms with E-state index in [2.05, 4.69) is 37.4 Å². The van der Waals surface area contributed by atoms with Crippen LogP contribution in [0.5, 0.6) is 0 Å². The minimum atomic E-state index is -0.0775. The van der Waals surface area contributed by atoms with Gasteiger partial charge in [-0.25, -0.2) is 0 Å². The molecule has 1 rings (SSSR count). The Morgan fingerprint density at radius 2 is 1.89 bits per heavy atom. The van der Waals surface area contributed by atoms with Crippen LogP contribution in [0.2, 0.25) is 0 Å². The summed E-state index contributed by atoms with van der Waals surface area (Å²) in [5.74, 6) is 0.343. The molecule has 0 fully saturated rings. The van der Waals surface area contributed by atoms with Gasteiger partial charge < -0.3 is 11.1 Å². The fraction of sp³-hybridized carbons (Fsp3) is 0.562. The van der Waals surface area contributed by atoms with Crippen LogP contribution in [0.15, 0.2) is 18.2 Å². The van der Waals surface area contributed by atoms with Gasteiger partial charge in [-0.15, -0.1) is 0 Å². The predicted octanol–water partition coefficient (Wildman–Crippen LogP) is 2.85. The number of benzene rings is 1. The number of amides is 1. The van der Waals surface area contributed by atoms with E-state index in [4.69, 9.17) is 5.73 Å². The summed E-state index contributed by atoms with van der Waals surface area (Å²) >= 11 is 0. The molecule has 2 unspecified atom stereocenters. The number of nitrogens with two attached hydrogens (primary N) is 1. The van der Waals surface area contributed by atoms with Crippen LogP contribution in [0.1, 0.15) is 49.9 Å². The van der Waals surface area contributed by atoms with Gasteiger partial charge in [-0.05, 0) is 37.8 Å². The molecule has 0 heterocycles. The Kier molecular flexibility index (Phi) is 5.55. The first-order valence-electron chi connectivity index (χ1n) is 6.93. The molecule has 0 spiro atoms. The van der Waals surface area contributed by atoms with Gasteiger partial charge in [0.1, 0.15) is 0 Å². The minimum Gasteiger partial charge on any atom is -0.350 e. The average molecular weight is 262 g/mol. The molecule has 0 radical (unpaired) electrons. The van der Waals surface area contributed by atoms with E-state index in [1.807, 2.05) is 20.8 Å². The molecule has 0 aromatic heterocycles. The maximum atomic E-state index is 11.9. The van der Waals surface area contributed by atoms with E-state index >= 15 is 0 Å². The highest BCUT2D eigenvalue weighted by Crippen LogP contribution is 2.18. The van der Waals surface area contributed by atoms with Crippen molar-refractivity contribution in [3.05, 3.63) is 34.9 Å². The second-order valence-corrected chi connectivity index (χ2v) is 5.76. The van der Waals surface area contributed by atoms with Crippen molar-refractivity contribution in [1.82, 2.24) is 5.32 Å². The van der Waals surface area contributed by atoms with Crippen molar-refractivity contribution in [2.24, 2.45) is 11.7 Å². The molecule has 106 valence electrons. The molecule has 2 atom stereocenters. The smallest absolute Gasteiger partial charge is 0.222 e. The number of nitrogens with one attached hydrogen (secondary N) is 1. The van der Waals surface area contributed by atoms with Gasteiger partial charge in [-0.3, -0.25) is 4.79 Å². The van der Waals surface area contributed by atoms with Crippen molar-refractivity contribution in [1.29, 1.82) is 0 Å². The molecular weight excluding hydrogens is 236 g/mol. The molecule has 0 bridgehead atoms. The zero-order valence-corrected chi connectivity index (χ0v) is 12.7. The first-order chi connectivity index (χ1) is 8.81. The summed E-state index contributed by atoms with van der Waals surface area (Å²) in [6.07, 6.45) is 0.382. The van der Waals surface area contributed by atoms with Gasteiger partial charge in [0.25, 0.3) is 0 Å². The lowest BCUT2D eigenvalue weighted by atomic mass is 9.99. The number of carbonyl (C=O) groups excluding carboxylic acids is 1. The van der Waals surface area contributed by atoms with Crippen molar-refractivity contribution in [3.8, 4) is 0 Å². The Balaban J connectivity index is 2.64. The van der Waals surface area contributed by atoms with E-state index < -0.39 is 0 Å². The highest BCUT2D eigenvalue weighted by atomic mass is 16.1. The van der Waals surface area contributed by atoms with Gasteiger partial charge in [0.05, 0.1) is 6.04 Å². The van der Waals surface area contributed by atoms with Crippen LogP contribution in [-0.4, -0.2) is 11.9 Å². The van der Waals surface area contributed by atoms with Crippen molar-refractivity contribution in [3.63, 3.8) is 0 Å². The van der Waals surface area contributed by atoms with Gasteiger partial charge >= 0.3 is 0 Å². The Hall–Kier alpha value is -1.35. The van der Waals surface area contributed by atoms with Crippen LogP contribution >= 0.6 is 0 Å². The molecule has 3 N–H and O–H groups in total. The molecule has 0 aliphatic carbocycles. The summed E-state index contributed by atoms with van der Waals surface area (Å²) in [4.78, 5) is 11.9. The maximum absolute atomic E-state index is 11.9. The first-order valence-corrected chi connectivity index (χ1v) is 6.93. The summed E-state index contributed by atoms with van der Waals surface area (Å²) in [5, 5.41) is 3.02. The fourth-order valence-electron chi connectivity index (χ4n) is 2.14. The fourth-order valence-corrected chi connectivity index (χ4v) is 2.14. The van der Waals surface area contributed by atoms with E-state index in [0.29, 0.717) is 12.3 Å². The van der Waals surface area contributed by atoms with E-state index in [1.54, 1.807) is 0 Å². The molecule has 1 amide bonds. The average Bonchev–Trinajstić information content (AvgIpc) is 2.27. The number of carbonyl (C=O) groups is 1. The Bertz CT molecular complexity index is 440. The van der Waals surface area contributed by atoms with Gasteiger partial charge in [0, 0.05) is 12.5 Å². The topological polar surface area (TPSA) is 55.1 Å². The standard InChI is InChI=1S/C16H26N2O/c1-10(2)15(17)9-16(19)18-13(5)14-7-6-11(3)8-12(14)4/h6-8,10,13,15H,9,17H2,1-5H3,(H,18,19). The highest BCUT2D eigenvalue weighted by Gasteiger charge is 2.16. The van der Waals surface area contributed by atoms with E-state index in [0.717, 1.165) is 5.56 Å². The van der Waals surface area contributed by atoms with Crippen molar-refractivity contribution < 1.29 is 4.79 Å². The zero-order chi connectivity index (χ0) is 14.6. The van der Waals surface area contributed by atoms with Crippen LogP contribution in [0, 0.1) is 19.8 Å². The maximum Gasteiger partial charge on any atom is 0.222 e. The van der Waals surface area contributed by atoms with Crippen LogP contribution in [0.4, 0.5) is 0 Å². The lowest BCUT2D eigenvalue weighted by Crippen LogP contribution is -2.36. The number of rotatable bonds is 5. The van der Waals surface area contributed by atoms with E-state index in [9.17, 15) is 4.79 Å². The predicted molar refractivity (Wildman–Crippen MR) is 79.9 cm³/mol. The molecule has 1 aromatic carbocycles. The summed E-state index contributed by atoms with van der Waals surface area (Å²) in [6, 6.07) is 6.24. The summed E-state index contributed by atoms with van der Waals surface area (Å²) in [5.41, 5.74) is 9.53. The quantitative estimate of drug-likeness (QED) is 0.857. The third-order valence-corrected chi connectivity index (χ3v) is 3.55. The van der Waals surface area contributed by atoms with E-state index in [-0.39, 0.29) is 18.0 Å². The second-order valence-electron chi connectivity index (χ2n) is 5.76. The molecule has 1 aromatic rings. The van der Waals surface area contributed by atoms with E-state index in [1.165, 1.54) is 11.1 Å². The van der Waals surface area contributed by atoms with Crippen LogP contribution in [-0.2, 0) is 4.79 Å². The number of hydrogen-bond acceptors (Lipinski definition) is 2. The minimum absolute atomic E-state index is 0.0208. The normalized spacial score (nSPS) is 14.3. The van der Waals surface area contributed by atoms with Crippen LogP contribution < -0.4 is 11.1 Å². The Morgan fingerprint density at radius 3 is 2.42 bits per heavy atom. The molecule has 3 heteroatoms. The molecule has 0 saturated carbocycles. The highest BCUT2D eigenvalue weighted by molar-refractivity contribution is 5.77. The van der Waals surface area contributed by atoms with Crippen molar-refractivity contribution in [2.45, 2.75) is 53.1 Å². The third-order valence-electron chi connectivity index (χ3n) is 3.55. The largest absolute Gasteiger partial charge is 0.350 e. The SMILES string of the molecule is Cc1ccc(C(C)NC(=O)CC(N)C(C)C)c(C)c1. The lowest BCUT2D eigenvalue weighted by Gasteiger charge is -2.20. The summed E-state index contributed by atoms with van der Waals surface area (Å²) < 4.78 is 0. The number of aryl methyl sites for hydroxylation is 2. The third kappa shape index (κ3) is 4.67. The monoisotopic (exact) mass is 262 g/mol. The lowest BCUT2D eigenvalue weighted by molar-refractivity contribution is -0.122. The number of hydrogen-bond donors (Lipinski definition) is 2. The Labute approximate surface area is 116 Å². The molecule has 3 nitrogen and oxygen atoms in total. The molecule has 0 aliphatic rings. The Morgan fingerprint density at radius 1 is 1.26 bits per heavy atom. The molecule has 19 heavy (non-hydrogen) atoms.